The third-order valence-corrected chi connectivity index (χ3v) is 7.95. The van der Waals surface area contributed by atoms with Gasteiger partial charge in [-0.2, -0.15) is 0 Å². The van der Waals surface area contributed by atoms with Gasteiger partial charge in [0.15, 0.2) is 0 Å². The Bertz CT molecular complexity index is 1360. The molecule has 1 unspecified atom stereocenters. The molecule has 0 saturated carbocycles. The number of carbonyl (C=O) groups excluding carboxylic acids is 2. The van der Waals surface area contributed by atoms with Crippen LogP contribution in [0.2, 0.25) is 0 Å². The third kappa shape index (κ3) is 8.05. The predicted molar refractivity (Wildman–Crippen MR) is 153 cm³/mol. The Kier molecular flexibility index (Phi) is 10.7. The monoisotopic (exact) mass is 569 g/mol. The van der Waals surface area contributed by atoms with Crippen LogP contribution >= 0.6 is 0 Å². The summed E-state index contributed by atoms with van der Waals surface area (Å²) in [5, 5.41) is 2.85. The highest BCUT2D eigenvalue weighted by molar-refractivity contribution is 7.92. The fourth-order valence-electron chi connectivity index (χ4n) is 3.95. The number of halogens is 1. The van der Waals surface area contributed by atoms with Gasteiger partial charge in [0.25, 0.3) is 10.0 Å². The quantitative estimate of drug-likeness (QED) is 0.324. The van der Waals surface area contributed by atoms with Crippen LogP contribution in [-0.4, -0.2) is 50.9 Å². The highest BCUT2D eigenvalue weighted by Gasteiger charge is 2.32. The molecule has 10 heteroatoms. The van der Waals surface area contributed by atoms with E-state index in [1.807, 2.05) is 51.1 Å². The van der Waals surface area contributed by atoms with E-state index >= 15 is 0 Å². The van der Waals surface area contributed by atoms with Crippen molar-refractivity contribution in [2.45, 2.75) is 45.2 Å². The number of sulfonamides is 1. The highest BCUT2D eigenvalue weighted by atomic mass is 32.2. The van der Waals surface area contributed by atoms with Gasteiger partial charge in [0, 0.05) is 13.1 Å². The maximum atomic E-state index is 13.9. The summed E-state index contributed by atoms with van der Waals surface area (Å²) in [6, 6.07) is 19.0. The van der Waals surface area contributed by atoms with E-state index in [4.69, 9.17) is 4.74 Å². The molecule has 0 aliphatic rings. The molecule has 0 radical (unpaired) electrons. The van der Waals surface area contributed by atoms with Crippen molar-refractivity contribution in [2.24, 2.45) is 5.92 Å². The van der Waals surface area contributed by atoms with Gasteiger partial charge in [-0.1, -0.05) is 44.2 Å². The molecule has 3 aromatic carbocycles. The van der Waals surface area contributed by atoms with Crippen molar-refractivity contribution >= 4 is 27.5 Å². The Hall–Kier alpha value is -3.92. The second-order valence-corrected chi connectivity index (χ2v) is 11.6. The molecule has 0 spiro atoms. The van der Waals surface area contributed by atoms with Crippen molar-refractivity contribution in [2.75, 3.05) is 24.0 Å². The zero-order valence-corrected chi connectivity index (χ0v) is 24.0. The molecule has 0 aromatic heterocycles. The molecule has 1 N–H and O–H groups in total. The lowest BCUT2D eigenvalue weighted by atomic mass is 10.1. The van der Waals surface area contributed by atoms with Crippen LogP contribution in [0.4, 0.5) is 10.1 Å². The summed E-state index contributed by atoms with van der Waals surface area (Å²) < 4.78 is 47.6. The van der Waals surface area contributed by atoms with Crippen LogP contribution in [-0.2, 0) is 26.2 Å². The van der Waals surface area contributed by atoms with Gasteiger partial charge in [0.2, 0.25) is 11.8 Å². The SMILES string of the molecule is CCOc1ccc(N(CC(=O)N(Cc2ccccc2)C(C)C(=O)NCC(C)C)S(=O)(=O)c2ccc(F)cc2)cc1. The minimum atomic E-state index is -4.29. The molecule has 0 heterocycles. The van der Waals surface area contributed by atoms with E-state index in [9.17, 15) is 22.4 Å². The summed E-state index contributed by atoms with van der Waals surface area (Å²) in [4.78, 5) is 28.1. The van der Waals surface area contributed by atoms with Gasteiger partial charge in [0.05, 0.1) is 17.2 Å². The number of ether oxygens (including phenoxy) is 1. The van der Waals surface area contributed by atoms with Gasteiger partial charge in [-0.15, -0.1) is 0 Å². The molecule has 40 heavy (non-hydrogen) atoms. The first-order chi connectivity index (χ1) is 19.0. The van der Waals surface area contributed by atoms with E-state index in [1.165, 1.54) is 4.90 Å². The number of amides is 2. The summed E-state index contributed by atoms with van der Waals surface area (Å²) in [7, 11) is -4.29. The Labute approximate surface area is 235 Å². The number of nitrogens with one attached hydrogen (secondary N) is 1. The van der Waals surface area contributed by atoms with Gasteiger partial charge in [0.1, 0.15) is 24.2 Å². The number of rotatable bonds is 13. The lowest BCUT2D eigenvalue weighted by Gasteiger charge is -2.32. The Morgan fingerprint density at radius 3 is 2.12 bits per heavy atom. The zero-order chi connectivity index (χ0) is 29.3. The predicted octanol–water partition coefficient (Wildman–Crippen LogP) is 4.61. The van der Waals surface area contributed by atoms with E-state index in [2.05, 4.69) is 5.32 Å². The summed E-state index contributed by atoms with van der Waals surface area (Å²) in [6.45, 7) is 7.77. The van der Waals surface area contributed by atoms with E-state index in [1.54, 1.807) is 31.2 Å². The van der Waals surface area contributed by atoms with Crippen LogP contribution < -0.4 is 14.4 Å². The van der Waals surface area contributed by atoms with E-state index in [-0.39, 0.29) is 29.0 Å². The smallest absolute Gasteiger partial charge is 0.264 e. The number of hydrogen-bond donors (Lipinski definition) is 1. The van der Waals surface area contributed by atoms with Gasteiger partial charge in [-0.3, -0.25) is 13.9 Å². The third-order valence-electron chi connectivity index (χ3n) is 6.16. The molecule has 0 saturated heterocycles. The first kappa shape index (κ1) is 30.6. The van der Waals surface area contributed by atoms with Crippen molar-refractivity contribution in [3.63, 3.8) is 0 Å². The van der Waals surface area contributed by atoms with Gasteiger partial charge in [-0.05, 0) is 73.9 Å². The number of benzene rings is 3. The van der Waals surface area contributed by atoms with Gasteiger partial charge in [-0.25, -0.2) is 12.8 Å². The standard InChI is InChI=1S/C30H36FN3O5S/c1-5-39-27-15-13-26(14-16-27)34(40(37,38)28-17-11-25(31)12-18-28)21-29(35)33(20-24-9-7-6-8-10-24)23(4)30(36)32-19-22(2)3/h6-18,22-23H,5,19-21H2,1-4H3,(H,32,36). The lowest BCUT2D eigenvalue weighted by molar-refractivity contribution is -0.139. The van der Waals surface area contributed by atoms with Crippen LogP contribution in [0.5, 0.6) is 5.75 Å². The molecular weight excluding hydrogens is 533 g/mol. The normalized spacial score (nSPS) is 12.1. The van der Waals surface area contributed by atoms with Gasteiger partial charge >= 0.3 is 0 Å². The Morgan fingerprint density at radius 1 is 0.925 bits per heavy atom. The molecule has 214 valence electrons. The van der Waals surface area contributed by atoms with Gasteiger partial charge < -0.3 is 15.0 Å². The molecular formula is C30H36FN3O5S. The summed E-state index contributed by atoms with van der Waals surface area (Å²) in [5.74, 6) is -0.746. The highest BCUT2D eigenvalue weighted by Crippen LogP contribution is 2.27. The molecule has 3 aromatic rings. The number of carbonyl (C=O) groups is 2. The van der Waals surface area contributed by atoms with Crippen molar-refractivity contribution < 1.29 is 27.1 Å². The molecule has 2 amide bonds. The Balaban J connectivity index is 2.00. The largest absolute Gasteiger partial charge is 0.494 e. The van der Waals surface area contributed by atoms with Crippen LogP contribution in [0.3, 0.4) is 0 Å². The van der Waals surface area contributed by atoms with Crippen LogP contribution in [0, 0.1) is 11.7 Å². The molecule has 0 aliphatic heterocycles. The first-order valence-corrected chi connectivity index (χ1v) is 14.6. The van der Waals surface area contributed by atoms with Crippen LogP contribution in [0.25, 0.3) is 0 Å². The van der Waals surface area contributed by atoms with Crippen LogP contribution in [0.15, 0.2) is 83.8 Å². The maximum Gasteiger partial charge on any atom is 0.264 e. The fourth-order valence-corrected chi connectivity index (χ4v) is 5.37. The lowest BCUT2D eigenvalue weighted by Crippen LogP contribution is -2.51. The molecule has 0 aliphatic carbocycles. The first-order valence-electron chi connectivity index (χ1n) is 13.1. The number of nitrogens with zero attached hydrogens (tertiary/aromatic N) is 2. The summed E-state index contributed by atoms with van der Waals surface area (Å²) in [5.41, 5.74) is 1.01. The van der Waals surface area contributed by atoms with E-state index in [0.29, 0.717) is 18.9 Å². The van der Waals surface area contributed by atoms with E-state index < -0.39 is 34.3 Å². The average Bonchev–Trinajstić information content (AvgIpc) is 2.94. The molecule has 3 rings (SSSR count). The minimum absolute atomic E-state index is 0.101. The Morgan fingerprint density at radius 2 is 1.55 bits per heavy atom. The molecule has 1 atom stereocenters. The van der Waals surface area contributed by atoms with Crippen molar-refractivity contribution in [1.82, 2.24) is 10.2 Å². The molecule has 0 bridgehead atoms. The topological polar surface area (TPSA) is 96.0 Å². The maximum absolute atomic E-state index is 13.9. The summed E-state index contributed by atoms with van der Waals surface area (Å²) in [6.07, 6.45) is 0. The van der Waals surface area contributed by atoms with Crippen LogP contribution in [0.1, 0.15) is 33.3 Å². The molecule has 0 fully saturated rings. The number of hydrogen-bond acceptors (Lipinski definition) is 5. The van der Waals surface area contributed by atoms with Crippen molar-refractivity contribution in [3.05, 3.63) is 90.2 Å². The van der Waals surface area contributed by atoms with E-state index in [0.717, 1.165) is 34.1 Å². The fraction of sp³-hybridized carbons (Fsp3) is 0.333. The van der Waals surface area contributed by atoms with Crippen molar-refractivity contribution in [1.29, 1.82) is 0 Å². The second kappa shape index (κ2) is 13.9. The number of anilines is 1. The van der Waals surface area contributed by atoms with Crippen molar-refractivity contribution in [3.8, 4) is 5.75 Å². The molecule has 8 nitrogen and oxygen atoms in total. The summed E-state index contributed by atoms with van der Waals surface area (Å²) >= 11 is 0. The minimum Gasteiger partial charge on any atom is -0.494 e. The average molecular weight is 570 g/mol. The second-order valence-electron chi connectivity index (χ2n) is 9.71. The zero-order valence-electron chi connectivity index (χ0n) is 23.2.